The van der Waals surface area contributed by atoms with E-state index in [1.807, 2.05) is 6.92 Å². The van der Waals surface area contributed by atoms with Gasteiger partial charge >= 0.3 is 0 Å². The van der Waals surface area contributed by atoms with Crippen molar-refractivity contribution in [3.8, 4) is 0 Å². The molecule has 2 heterocycles. The molecule has 0 amide bonds. The van der Waals surface area contributed by atoms with Crippen LogP contribution in [-0.4, -0.2) is 20.5 Å². The quantitative estimate of drug-likeness (QED) is 0.795. The first-order valence-corrected chi connectivity index (χ1v) is 5.91. The third-order valence-corrected chi connectivity index (χ3v) is 3.20. The second-order valence-electron chi connectivity index (χ2n) is 3.08. The van der Waals surface area contributed by atoms with Crippen molar-refractivity contribution < 1.29 is 4.79 Å². The molecule has 0 aromatic carbocycles. The number of thiazole rings is 1. The molecule has 0 spiro atoms. The van der Waals surface area contributed by atoms with Crippen molar-refractivity contribution in [2.24, 2.45) is 7.05 Å². The Morgan fingerprint density at radius 2 is 2.33 bits per heavy atom. The van der Waals surface area contributed by atoms with Gasteiger partial charge in [-0.3, -0.25) is 9.48 Å². The monoisotopic (exact) mass is 285 g/mol. The van der Waals surface area contributed by atoms with Crippen LogP contribution in [0.15, 0.2) is 16.0 Å². The van der Waals surface area contributed by atoms with E-state index in [4.69, 9.17) is 0 Å². The molecule has 0 fully saturated rings. The maximum Gasteiger partial charge on any atom is 0.233 e. The Kier molecular flexibility index (Phi) is 2.70. The Bertz CT molecular complexity index is 517. The van der Waals surface area contributed by atoms with Crippen LogP contribution in [0.5, 0.6) is 0 Å². The minimum Gasteiger partial charge on any atom is -0.285 e. The molecule has 78 valence electrons. The summed E-state index contributed by atoms with van der Waals surface area (Å²) in [5.41, 5.74) is 0.861. The van der Waals surface area contributed by atoms with Gasteiger partial charge in [-0.1, -0.05) is 0 Å². The Labute approximate surface area is 99.1 Å². The van der Waals surface area contributed by atoms with Gasteiger partial charge in [0.1, 0.15) is 11.4 Å². The molecule has 0 aliphatic rings. The topological polar surface area (TPSA) is 47.8 Å². The van der Waals surface area contributed by atoms with Gasteiger partial charge in [-0.2, -0.15) is 5.10 Å². The minimum atomic E-state index is -0.146. The molecule has 0 bridgehead atoms. The highest BCUT2D eigenvalue weighted by molar-refractivity contribution is 9.10. The average molecular weight is 286 g/mol. The lowest BCUT2D eigenvalue weighted by Crippen LogP contribution is -2.04. The molecule has 2 aromatic rings. The summed E-state index contributed by atoms with van der Waals surface area (Å²) in [7, 11) is 1.77. The van der Waals surface area contributed by atoms with Gasteiger partial charge in [-0.05, 0) is 22.9 Å². The number of nitrogens with zero attached hydrogens (tertiary/aromatic N) is 3. The van der Waals surface area contributed by atoms with Gasteiger partial charge in [-0.15, -0.1) is 11.3 Å². The maximum atomic E-state index is 11.9. The van der Waals surface area contributed by atoms with Crippen molar-refractivity contribution in [1.29, 1.82) is 0 Å². The zero-order chi connectivity index (χ0) is 11.0. The Balaban J connectivity index is 2.40. The molecule has 0 N–H and O–H groups in total. The highest BCUT2D eigenvalue weighted by atomic mass is 79.9. The number of hydrogen-bond donors (Lipinski definition) is 0. The first-order valence-electron chi connectivity index (χ1n) is 4.24. The van der Waals surface area contributed by atoms with Gasteiger partial charge < -0.3 is 0 Å². The number of rotatable bonds is 2. The van der Waals surface area contributed by atoms with Crippen LogP contribution in [0.2, 0.25) is 0 Å². The summed E-state index contributed by atoms with van der Waals surface area (Å²) >= 11 is 4.75. The lowest BCUT2D eigenvalue weighted by atomic mass is 10.2. The van der Waals surface area contributed by atoms with Crippen LogP contribution >= 0.6 is 27.3 Å². The Morgan fingerprint density at radius 3 is 2.80 bits per heavy atom. The number of halogens is 1. The fraction of sp³-hybridized carbons (Fsp3) is 0.222. The Morgan fingerprint density at radius 1 is 1.60 bits per heavy atom. The fourth-order valence-electron chi connectivity index (χ4n) is 1.20. The number of carbonyl (C=O) groups excluding carboxylic acids is 1. The normalized spacial score (nSPS) is 10.6. The molecule has 0 aliphatic carbocycles. The molecule has 6 heteroatoms. The van der Waals surface area contributed by atoms with Crippen LogP contribution in [0.25, 0.3) is 0 Å². The summed E-state index contributed by atoms with van der Waals surface area (Å²) in [4.78, 5) is 16.1. The van der Waals surface area contributed by atoms with E-state index >= 15 is 0 Å². The fourth-order valence-corrected chi connectivity index (χ4v) is 2.35. The van der Waals surface area contributed by atoms with Crippen LogP contribution in [0.1, 0.15) is 21.2 Å². The van der Waals surface area contributed by atoms with Gasteiger partial charge in [0.25, 0.3) is 0 Å². The maximum absolute atomic E-state index is 11.9. The lowest BCUT2D eigenvalue weighted by molar-refractivity contribution is 0.102. The van der Waals surface area contributed by atoms with Crippen LogP contribution in [0.3, 0.4) is 0 Å². The van der Waals surface area contributed by atoms with Crippen molar-refractivity contribution >= 4 is 33.0 Å². The molecule has 0 atom stereocenters. The Hall–Kier alpha value is -1.01. The third-order valence-electron chi connectivity index (χ3n) is 1.85. The van der Waals surface area contributed by atoms with E-state index in [-0.39, 0.29) is 5.78 Å². The largest absolute Gasteiger partial charge is 0.285 e. The summed E-state index contributed by atoms with van der Waals surface area (Å²) in [6.45, 7) is 1.87. The molecule has 0 unspecified atom stereocenters. The van der Waals surface area contributed by atoms with E-state index in [1.54, 1.807) is 23.3 Å². The summed E-state index contributed by atoms with van der Waals surface area (Å²) in [5.74, 6) is -0.146. The van der Waals surface area contributed by atoms with E-state index in [1.165, 1.54) is 11.3 Å². The van der Waals surface area contributed by atoms with E-state index < -0.39 is 0 Å². The first kappa shape index (κ1) is 10.5. The van der Waals surface area contributed by atoms with Gasteiger partial charge in [-0.25, -0.2) is 4.98 Å². The zero-order valence-corrected chi connectivity index (χ0v) is 10.6. The van der Waals surface area contributed by atoms with Crippen molar-refractivity contribution in [2.75, 3.05) is 0 Å². The molecule has 0 saturated carbocycles. The van der Waals surface area contributed by atoms with Gasteiger partial charge in [0.05, 0.1) is 9.48 Å². The number of carbonyl (C=O) groups is 1. The second kappa shape index (κ2) is 3.86. The summed E-state index contributed by atoms with van der Waals surface area (Å²) in [5, 5.41) is 6.71. The van der Waals surface area contributed by atoms with Crippen LogP contribution in [0, 0.1) is 6.92 Å². The molecule has 4 nitrogen and oxygen atoms in total. The molecular weight excluding hydrogens is 278 g/mol. The third kappa shape index (κ3) is 2.00. The summed E-state index contributed by atoms with van der Waals surface area (Å²) in [6.07, 6.45) is 1.74. The van der Waals surface area contributed by atoms with Gasteiger partial charge in [0, 0.05) is 18.6 Å². The SMILES string of the molecule is Cc1nc(C(=O)c2nn(C)cc2Br)cs1. The van der Waals surface area contributed by atoms with E-state index in [0.29, 0.717) is 15.9 Å². The highest BCUT2D eigenvalue weighted by Gasteiger charge is 2.18. The number of aryl methyl sites for hydroxylation is 2. The standard InChI is InChI=1S/C9H8BrN3OS/c1-5-11-7(4-15-5)9(14)8-6(10)3-13(2)12-8/h3-4H,1-2H3. The van der Waals surface area contributed by atoms with Gasteiger partial charge in [0.2, 0.25) is 5.78 Å². The number of ketones is 1. The lowest BCUT2D eigenvalue weighted by Gasteiger charge is -1.92. The van der Waals surface area contributed by atoms with Crippen LogP contribution in [0.4, 0.5) is 0 Å². The van der Waals surface area contributed by atoms with Gasteiger partial charge in [0.15, 0.2) is 0 Å². The van der Waals surface area contributed by atoms with Crippen molar-refractivity contribution in [1.82, 2.24) is 14.8 Å². The molecule has 2 aromatic heterocycles. The predicted molar refractivity (Wildman–Crippen MR) is 61.2 cm³/mol. The summed E-state index contributed by atoms with van der Waals surface area (Å²) in [6, 6.07) is 0. The molecule has 0 aliphatic heterocycles. The molecule has 2 rings (SSSR count). The van der Waals surface area contributed by atoms with Crippen molar-refractivity contribution in [2.45, 2.75) is 6.92 Å². The van der Waals surface area contributed by atoms with E-state index in [0.717, 1.165) is 5.01 Å². The molecular formula is C9H8BrN3OS. The van der Waals surface area contributed by atoms with Crippen molar-refractivity contribution in [3.05, 3.63) is 32.4 Å². The second-order valence-corrected chi connectivity index (χ2v) is 5.00. The van der Waals surface area contributed by atoms with Crippen LogP contribution < -0.4 is 0 Å². The minimum absolute atomic E-state index is 0.146. The molecule has 15 heavy (non-hydrogen) atoms. The van der Waals surface area contributed by atoms with E-state index in [9.17, 15) is 4.79 Å². The van der Waals surface area contributed by atoms with E-state index in [2.05, 4.69) is 26.0 Å². The average Bonchev–Trinajstić information content (AvgIpc) is 2.71. The smallest absolute Gasteiger partial charge is 0.233 e. The number of aromatic nitrogens is 3. The molecule has 0 radical (unpaired) electrons. The number of hydrogen-bond acceptors (Lipinski definition) is 4. The van der Waals surface area contributed by atoms with Crippen LogP contribution in [-0.2, 0) is 7.05 Å². The molecule has 0 saturated heterocycles. The first-order chi connectivity index (χ1) is 7.08. The zero-order valence-electron chi connectivity index (χ0n) is 8.19. The highest BCUT2D eigenvalue weighted by Crippen LogP contribution is 2.19. The summed E-state index contributed by atoms with van der Waals surface area (Å²) < 4.78 is 2.29. The van der Waals surface area contributed by atoms with Crippen molar-refractivity contribution in [3.63, 3.8) is 0 Å². The predicted octanol–water partition coefficient (Wildman–Crippen LogP) is 2.18.